The number of hydrogen-bond acceptors (Lipinski definition) is 6. The van der Waals surface area contributed by atoms with Gasteiger partial charge in [-0.15, -0.1) is 0 Å². The van der Waals surface area contributed by atoms with Crippen LogP contribution < -0.4 is 5.73 Å². The number of fused-ring (bicyclic) bond motifs is 1. The molecule has 0 saturated heterocycles. The first-order valence-electron chi connectivity index (χ1n) is 10.2. The van der Waals surface area contributed by atoms with E-state index in [1.807, 2.05) is 12.1 Å². The van der Waals surface area contributed by atoms with Crippen LogP contribution in [-0.4, -0.2) is 29.6 Å². The summed E-state index contributed by atoms with van der Waals surface area (Å²) in [6.45, 7) is -0.101. The van der Waals surface area contributed by atoms with Gasteiger partial charge < -0.3 is 10.8 Å². The van der Waals surface area contributed by atoms with E-state index in [-0.39, 0.29) is 12.4 Å². The van der Waals surface area contributed by atoms with E-state index in [1.165, 1.54) is 6.07 Å². The normalized spacial score (nSPS) is 11.8. The van der Waals surface area contributed by atoms with E-state index in [0.29, 0.717) is 39.5 Å². The molecule has 0 saturated carbocycles. The van der Waals surface area contributed by atoms with Gasteiger partial charge in [-0.05, 0) is 54.1 Å². The molecule has 1 aromatic carbocycles. The van der Waals surface area contributed by atoms with Crippen LogP contribution in [0.3, 0.4) is 0 Å². The molecule has 0 radical (unpaired) electrons. The highest BCUT2D eigenvalue weighted by Crippen LogP contribution is 2.32. The van der Waals surface area contributed by atoms with Gasteiger partial charge in [0.25, 0.3) is 0 Å². The fraction of sp³-hybridized carbons (Fsp3) is 0.0833. The summed E-state index contributed by atoms with van der Waals surface area (Å²) in [4.78, 5) is 17.1. The maximum absolute atomic E-state index is 12.9. The van der Waals surface area contributed by atoms with Gasteiger partial charge in [-0.1, -0.05) is 12.1 Å². The van der Waals surface area contributed by atoms with Crippen molar-refractivity contribution >= 4 is 17.0 Å². The van der Waals surface area contributed by atoms with Crippen molar-refractivity contribution in [2.24, 2.45) is 0 Å². The van der Waals surface area contributed by atoms with Crippen LogP contribution >= 0.6 is 0 Å². The van der Waals surface area contributed by atoms with Gasteiger partial charge in [-0.2, -0.15) is 13.2 Å². The van der Waals surface area contributed by atoms with Crippen molar-refractivity contribution < 1.29 is 18.3 Å². The fourth-order valence-electron chi connectivity index (χ4n) is 3.61. The number of nitrogens with two attached hydrogens (primary N) is 1. The first-order valence-corrected chi connectivity index (χ1v) is 10.2. The van der Waals surface area contributed by atoms with Crippen molar-refractivity contribution in [1.82, 2.24) is 24.5 Å². The second-order valence-corrected chi connectivity index (χ2v) is 7.50. The zero-order valence-electron chi connectivity index (χ0n) is 17.5. The number of halogens is 3. The maximum Gasteiger partial charge on any atom is 0.433 e. The van der Waals surface area contributed by atoms with Crippen molar-refractivity contribution in [2.75, 3.05) is 5.73 Å². The summed E-state index contributed by atoms with van der Waals surface area (Å²) in [5.74, 6) is 0.797. The topological polar surface area (TPSA) is 103 Å². The third-order valence-electron chi connectivity index (χ3n) is 5.31. The van der Waals surface area contributed by atoms with Crippen LogP contribution in [-0.2, 0) is 12.8 Å². The average molecular weight is 462 g/mol. The fourth-order valence-corrected chi connectivity index (χ4v) is 3.61. The number of benzene rings is 1. The Kier molecular flexibility index (Phi) is 5.21. The standard InChI is InChI=1S/C24H17F3N6O/c25-24(26,27)20-10-5-15(12-30-20)18-8-9-19-23(31-18)33(16-6-3-14(13-34)4-7-16)22(32-19)17-2-1-11-29-21(17)28/h1-12,34H,13H2,(H2,28,29). The number of pyridine rings is 3. The number of rotatable bonds is 4. The molecule has 34 heavy (non-hydrogen) atoms. The molecule has 0 fully saturated rings. The molecule has 170 valence electrons. The molecule has 0 aliphatic rings. The van der Waals surface area contributed by atoms with E-state index < -0.39 is 11.9 Å². The molecular formula is C24H17F3N6O. The molecule has 0 aliphatic heterocycles. The molecule has 5 rings (SSSR count). The lowest BCUT2D eigenvalue weighted by Crippen LogP contribution is -2.07. The highest BCUT2D eigenvalue weighted by Gasteiger charge is 2.32. The molecule has 4 aromatic heterocycles. The van der Waals surface area contributed by atoms with Crippen molar-refractivity contribution in [1.29, 1.82) is 0 Å². The molecular weight excluding hydrogens is 445 g/mol. The predicted octanol–water partition coefficient (Wildman–Crippen LogP) is 4.64. The Bertz CT molecular complexity index is 1480. The SMILES string of the molecule is Nc1ncccc1-c1nc2ccc(-c3ccc(C(F)(F)F)nc3)nc2n1-c1ccc(CO)cc1. The number of aliphatic hydroxyl groups excluding tert-OH is 1. The Morgan fingerprint density at radius 1 is 0.912 bits per heavy atom. The summed E-state index contributed by atoms with van der Waals surface area (Å²) in [6.07, 6.45) is -1.79. The van der Waals surface area contributed by atoms with Crippen LogP contribution in [0.25, 0.3) is 39.5 Å². The summed E-state index contributed by atoms with van der Waals surface area (Å²) >= 11 is 0. The van der Waals surface area contributed by atoms with Gasteiger partial charge in [0.15, 0.2) is 11.5 Å². The molecule has 4 heterocycles. The Hall–Kier alpha value is -4.31. The molecule has 0 spiro atoms. The van der Waals surface area contributed by atoms with Crippen molar-refractivity contribution in [3.05, 3.63) is 84.3 Å². The number of nitrogen functional groups attached to an aromatic ring is 1. The third kappa shape index (κ3) is 3.84. The van der Waals surface area contributed by atoms with Crippen LogP contribution in [0.2, 0.25) is 0 Å². The summed E-state index contributed by atoms with van der Waals surface area (Å²) in [6, 6.07) is 16.4. The number of nitrogens with zero attached hydrogens (tertiary/aromatic N) is 5. The summed E-state index contributed by atoms with van der Waals surface area (Å²) in [5, 5.41) is 9.40. The van der Waals surface area contributed by atoms with E-state index in [1.54, 1.807) is 47.2 Å². The third-order valence-corrected chi connectivity index (χ3v) is 5.31. The van der Waals surface area contributed by atoms with E-state index in [9.17, 15) is 18.3 Å². The molecule has 0 unspecified atom stereocenters. The highest BCUT2D eigenvalue weighted by atomic mass is 19.4. The van der Waals surface area contributed by atoms with Gasteiger partial charge in [0.05, 0.1) is 17.9 Å². The van der Waals surface area contributed by atoms with Gasteiger partial charge >= 0.3 is 6.18 Å². The predicted molar refractivity (Wildman–Crippen MR) is 121 cm³/mol. The summed E-state index contributed by atoms with van der Waals surface area (Å²) < 4.78 is 40.5. The van der Waals surface area contributed by atoms with Gasteiger partial charge in [0, 0.05) is 23.6 Å². The lowest BCUT2D eigenvalue weighted by atomic mass is 10.1. The van der Waals surface area contributed by atoms with Crippen LogP contribution in [0, 0.1) is 0 Å². The summed E-state index contributed by atoms with van der Waals surface area (Å²) in [7, 11) is 0. The van der Waals surface area contributed by atoms with Crippen molar-refractivity contribution in [3.8, 4) is 28.3 Å². The van der Waals surface area contributed by atoms with E-state index in [4.69, 9.17) is 15.7 Å². The second kappa shape index (κ2) is 8.23. The average Bonchev–Trinajstić information content (AvgIpc) is 3.22. The zero-order valence-corrected chi connectivity index (χ0v) is 17.5. The van der Waals surface area contributed by atoms with Crippen LogP contribution in [0.4, 0.5) is 19.0 Å². The van der Waals surface area contributed by atoms with Crippen LogP contribution in [0.5, 0.6) is 0 Å². The lowest BCUT2D eigenvalue weighted by Gasteiger charge is -2.11. The molecule has 0 bridgehead atoms. The minimum atomic E-state index is -4.52. The van der Waals surface area contributed by atoms with Crippen molar-refractivity contribution in [2.45, 2.75) is 12.8 Å². The molecule has 7 nitrogen and oxygen atoms in total. The molecule has 5 aromatic rings. The highest BCUT2D eigenvalue weighted by molar-refractivity contribution is 5.84. The van der Waals surface area contributed by atoms with Gasteiger partial charge in [0.2, 0.25) is 0 Å². The van der Waals surface area contributed by atoms with E-state index >= 15 is 0 Å². The number of aromatic nitrogens is 5. The smallest absolute Gasteiger partial charge is 0.392 e. The largest absolute Gasteiger partial charge is 0.433 e. The van der Waals surface area contributed by atoms with Crippen LogP contribution in [0.15, 0.2) is 73.1 Å². The van der Waals surface area contributed by atoms with Crippen molar-refractivity contribution in [3.63, 3.8) is 0 Å². The number of alkyl halides is 3. The van der Waals surface area contributed by atoms with Gasteiger partial charge in [0.1, 0.15) is 17.0 Å². The molecule has 10 heteroatoms. The number of anilines is 1. The first-order chi connectivity index (χ1) is 16.3. The van der Waals surface area contributed by atoms with E-state index in [0.717, 1.165) is 17.8 Å². The Balaban J connectivity index is 1.71. The maximum atomic E-state index is 12.9. The number of hydrogen-bond donors (Lipinski definition) is 2. The number of imidazole rings is 1. The van der Waals surface area contributed by atoms with Crippen LogP contribution in [0.1, 0.15) is 11.3 Å². The summed E-state index contributed by atoms with van der Waals surface area (Å²) in [5.41, 5.74) is 9.11. The zero-order chi connectivity index (χ0) is 23.9. The Labute approximate surface area is 191 Å². The Morgan fingerprint density at radius 3 is 2.35 bits per heavy atom. The molecule has 3 N–H and O–H groups in total. The molecule has 0 amide bonds. The minimum Gasteiger partial charge on any atom is -0.392 e. The first kappa shape index (κ1) is 21.5. The Morgan fingerprint density at radius 2 is 1.71 bits per heavy atom. The molecule has 0 aliphatic carbocycles. The quantitative estimate of drug-likeness (QED) is 0.404. The lowest BCUT2D eigenvalue weighted by molar-refractivity contribution is -0.141. The number of aliphatic hydroxyl groups is 1. The monoisotopic (exact) mass is 462 g/mol. The second-order valence-electron chi connectivity index (χ2n) is 7.50. The van der Waals surface area contributed by atoms with Gasteiger partial charge in [-0.3, -0.25) is 9.55 Å². The minimum absolute atomic E-state index is 0.101. The van der Waals surface area contributed by atoms with E-state index in [2.05, 4.69) is 9.97 Å². The van der Waals surface area contributed by atoms with Gasteiger partial charge in [-0.25, -0.2) is 15.0 Å². The molecule has 0 atom stereocenters.